The summed E-state index contributed by atoms with van der Waals surface area (Å²) >= 11 is 0. The molecule has 2 unspecified atom stereocenters. The van der Waals surface area contributed by atoms with E-state index >= 15 is 0 Å². The second-order valence-electron chi connectivity index (χ2n) is 2.48. The van der Waals surface area contributed by atoms with Crippen molar-refractivity contribution in [3.63, 3.8) is 0 Å². The number of nitrogens with zero attached hydrogens (tertiary/aromatic N) is 2. The molecule has 0 amide bonds. The van der Waals surface area contributed by atoms with E-state index in [0.717, 1.165) is 6.42 Å². The standard InChI is InChI=1S/C6H8N2O2/c9-6-4-3-7-2-1-5(4)10-8-6/h2,4-5H,1,3H2,(H,8,9). The predicted molar refractivity (Wildman–Crippen MR) is 36.4 cm³/mol. The van der Waals surface area contributed by atoms with Gasteiger partial charge in [-0.25, -0.2) is 0 Å². The minimum Gasteiger partial charge on any atom is -0.494 e. The summed E-state index contributed by atoms with van der Waals surface area (Å²) < 4.78 is 0. The number of aliphatic hydroxyl groups excluding tert-OH is 1. The fraction of sp³-hybridized carbons (Fsp3) is 0.667. The first-order valence-electron chi connectivity index (χ1n) is 3.29. The highest BCUT2D eigenvalue weighted by Gasteiger charge is 2.34. The summed E-state index contributed by atoms with van der Waals surface area (Å²) in [6.45, 7) is 0.611. The van der Waals surface area contributed by atoms with Crippen LogP contribution in [0.5, 0.6) is 0 Å². The molecule has 4 nitrogen and oxygen atoms in total. The predicted octanol–water partition coefficient (Wildman–Crippen LogP) is 0.347. The minimum absolute atomic E-state index is 0.0185. The molecule has 2 heterocycles. The molecular formula is C6H8N2O2. The number of aliphatic imine (C=N–C) groups is 1. The number of oxime groups is 1. The molecule has 1 N–H and O–H groups in total. The Morgan fingerprint density at radius 3 is 3.40 bits per heavy atom. The van der Waals surface area contributed by atoms with Gasteiger partial charge in [0.2, 0.25) is 5.90 Å². The number of fused-ring (bicyclic) bond motifs is 1. The van der Waals surface area contributed by atoms with Gasteiger partial charge in [-0.3, -0.25) is 4.99 Å². The third-order valence-corrected chi connectivity index (χ3v) is 1.83. The Morgan fingerprint density at radius 1 is 1.70 bits per heavy atom. The van der Waals surface area contributed by atoms with E-state index in [0.29, 0.717) is 6.54 Å². The number of aliphatic hydroxyl groups is 1. The van der Waals surface area contributed by atoms with Gasteiger partial charge in [0.05, 0.1) is 12.5 Å². The first-order valence-corrected chi connectivity index (χ1v) is 3.29. The van der Waals surface area contributed by atoms with Gasteiger partial charge in [-0.2, -0.15) is 0 Å². The monoisotopic (exact) mass is 140 g/mol. The molecule has 2 aliphatic heterocycles. The summed E-state index contributed by atoms with van der Waals surface area (Å²) in [7, 11) is 0. The summed E-state index contributed by atoms with van der Waals surface area (Å²) in [4.78, 5) is 8.94. The van der Waals surface area contributed by atoms with Gasteiger partial charge in [0.15, 0.2) is 0 Å². The average Bonchev–Trinajstić information content (AvgIpc) is 2.34. The van der Waals surface area contributed by atoms with E-state index in [2.05, 4.69) is 10.1 Å². The zero-order valence-electron chi connectivity index (χ0n) is 5.40. The lowest BCUT2D eigenvalue weighted by atomic mass is 9.99. The zero-order chi connectivity index (χ0) is 6.97. The third kappa shape index (κ3) is 0.683. The molecule has 0 aromatic carbocycles. The Morgan fingerprint density at radius 2 is 2.60 bits per heavy atom. The van der Waals surface area contributed by atoms with Gasteiger partial charge in [-0.1, -0.05) is 5.16 Å². The molecule has 0 aromatic rings. The van der Waals surface area contributed by atoms with Crippen molar-refractivity contribution in [1.82, 2.24) is 0 Å². The molecule has 2 rings (SSSR count). The minimum atomic E-state index is 0.0185. The van der Waals surface area contributed by atoms with E-state index in [-0.39, 0.29) is 17.9 Å². The summed E-state index contributed by atoms with van der Waals surface area (Å²) in [6.07, 6.45) is 2.62. The van der Waals surface area contributed by atoms with Crippen LogP contribution in [0.25, 0.3) is 0 Å². The average molecular weight is 140 g/mol. The van der Waals surface area contributed by atoms with E-state index in [9.17, 15) is 0 Å². The van der Waals surface area contributed by atoms with Crippen LogP contribution in [-0.4, -0.2) is 29.9 Å². The molecule has 0 aliphatic carbocycles. The van der Waals surface area contributed by atoms with Crippen molar-refractivity contribution >= 4 is 12.1 Å². The molecule has 0 saturated carbocycles. The maximum atomic E-state index is 9.08. The molecule has 54 valence electrons. The Kier molecular flexibility index (Phi) is 1.12. The lowest BCUT2D eigenvalue weighted by Gasteiger charge is -2.16. The highest BCUT2D eigenvalue weighted by Crippen LogP contribution is 2.22. The second kappa shape index (κ2) is 1.97. The van der Waals surface area contributed by atoms with Crippen molar-refractivity contribution in [2.75, 3.05) is 6.54 Å². The van der Waals surface area contributed by atoms with Crippen LogP contribution >= 0.6 is 0 Å². The number of hydrogen-bond donors (Lipinski definition) is 1. The largest absolute Gasteiger partial charge is 0.494 e. The molecule has 2 atom stereocenters. The first-order chi connectivity index (χ1) is 4.88. The Balaban J connectivity index is 2.17. The zero-order valence-corrected chi connectivity index (χ0v) is 5.40. The van der Waals surface area contributed by atoms with Crippen LogP contribution in [0.3, 0.4) is 0 Å². The van der Waals surface area contributed by atoms with Crippen LogP contribution in [0.4, 0.5) is 0 Å². The topological polar surface area (TPSA) is 54.2 Å². The SMILES string of the molecule is OC1=NOC2CC=NCC12. The van der Waals surface area contributed by atoms with Crippen molar-refractivity contribution < 1.29 is 9.94 Å². The van der Waals surface area contributed by atoms with Crippen molar-refractivity contribution in [3.8, 4) is 0 Å². The Bertz CT molecular complexity index is 200. The fourth-order valence-corrected chi connectivity index (χ4v) is 1.20. The van der Waals surface area contributed by atoms with Crippen LogP contribution in [-0.2, 0) is 4.84 Å². The van der Waals surface area contributed by atoms with Crippen LogP contribution in [0.1, 0.15) is 6.42 Å². The van der Waals surface area contributed by atoms with Crippen LogP contribution in [0, 0.1) is 5.92 Å². The van der Waals surface area contributed by atoms with Crippen LogP contribution < -0.4 is 0 Å². The Hall–Kier alpha value is -1.06. The highest BCUT2D eigenvalue weighted by atomic mass is 16.7. The van der Waals surface area contributed by atoms with E-state index in [1.54, 1.807) is 0 Å². The lowest BCUT2D eigenvalue weighted by molar-refractivity contribution is 0.0673. The van der Waals surface area contributed by atoms with E-state index in [1.807, 2.05) is 6.21 Å². The van der Waals surface area contributed by atoms with Gasteiger partial charge in [-0.15, -0.1) is 0 Å². The molecule has 0 aromatic heterocycles. The maximum absolute atomic E-state index is 9.08. The van der Waals surface area contributed by atoms with E-state index in [4.69, 9.17) is 9.94 Å². The molecule has 0 fully saturated rings. The summed E-state index contributed by atoms with van der Waals surface area (Å²) in [5.41, 5.74) is 0. The number of hydrogen-bond acceptors (Lipinski definition) is 3. The molecule has 4 heteroatoms. The van der Waals surface area contributed by atoms with Gasteiger partial charge in [-0.05, 0) is 0 Å². The van der Waals surface area contributed by atoms with Crippen LogP contribution in [0.2, 0.25) is 0 Å². The fourth-order valence-electron chi connectivity index (χ4n) is 1.20. The van der Waals surface area contributed by atoms with Gasteiger partial charge >= 0.3 is 0 Å². The van der Waals surface area contributed by atoms with Crippen molar-refractivity contribution in [1.29, 1.82) is 0 Å². The lowest BCUT2D eigenvalue weighted by Crippen LogP contribution is -2.29. The van der Waals surface area contributed by atoms with Crippen molar-refractivity contribution in [3.05, 3.63) is 0 Å². The van der Waals surface area contributed by atoms with E-state index in [1.165, 1.54) is 0 Å². The van der Waals surface area contributed by atoms with Crippen molar-refractivity contribution in [2.24, 2.45) is 16.1 Å². The van der Waals surface area contributed by atoms with Gasteiger partial charge in [0, 0.05) is 12.6 Å². The molecule has 0 bridgehead atoms. The van der Waals surface area contributed by atoms with E-state index < -0.39 is 0 Å². The smallest absolute Gasteiger partial charge is 0.232 e. The molecule has 0 spiro atoms. The molecule has 10 heavy (non-hydrogen) atoms. The summed E-state index contributed by atoms with van der Waals surface area (Å²) in [5, 5.41) is 12.5. The number of rotatable bonds is 0. The van der Waals surface area contributed by atoms with Gasteiger partial charge < -0.3 is 9.94 Å². The maximum Gasteiger partial charge on any atom is 0.232 e. The molecule has 0 radical (unpaired) electrons. The van der Waals surface area contributed by atoms with Gasteiger partial charge in [0.25, 0.3) is 0 Å². The molecule has 2 aliphatic rings. The van der Waals surface area contributed by atoms with Gasteiger partial charge in [0.1, 0.15) is 6.10 Å². The first kappa shape index (κ1) is 5.70. The normalized spacial score (nSPS) is 36.6. The molecular weight excluding hydrogens is 132 g/mol. The van der Waals surface area contributed by atoms with Crippen LogP contribution in [0.15, 0.2) is 10.1 Å². The highest BCUT2D eigenvalue weighted by molar-refractivity contribution is 5.80. The van der Waals surface area contributed by atoms with Crippen molar-refractivity contribution in [2.45, 2.75) is 12.5 Å². The Labute approximate surface area is 58.2 Å². The molecule has 0 saturated heterocycles. The summed E-state index contributed by atoms with van der Waals surface area (Å²) in [6, 6.07) is 0. The summed E-state index contributed by atoms with van der Waals surface area (Å²) in [5.74, 6) is 0.117. The second-order valence-corrected chi connectivity index (χ2v) is 2.48. The third-order valence-electron chi connectivity index (χ3n) is 1.83. The quantitative estimate of drug-likeness (QED) is 0.527.